The van der Waals surface area contributed by atoms with Gasteiger partial charge in [0.15, 0.2) is 0 Å². The number of nitrogens with zero attached hydrogens (tertiary/aromatic N) is 1. The summed E-state index contributed by atoms with van der Waals surface area (Å²) in [7, 11) is 0. The van der Waals surface area contributed by atoms with Crippen molar-refractivity contribution in [3.8, 4) is 16.9 Å². The summed E-state index contributed by atoms with van der Waals surface area (Å²) in [6.45, 7) is 11.5. The Hall–Kier alpha value is -3.22. The molecule has 0 fully saturated rings. The van der Waals surface area contributed by atoms with Crippen LogP contribution in [0.2, 0.25) is 0 Å². The van der Waals surface area contributed by atoms with Crippen molar-refractivity contribution in [2.24, 2.45) is 0 Å². The second-order valence-corrected chi connectivity index (χ2v) is 8.51. The monoisotopic (exact) mass is 445 g/mol. The van der Waals surface area contributed by atoms with Gasteiger partial charge in [-0.05, 0) is 60.4 Å². The molecule has 0 bridgehead atoms. The third-order valence-corrected chi connectivity index (χ3v) is 5.56. The van der Waals surface area contributed by atoms with Crippen LogP contribution in [-0.2, 0) is 10.2 Å². The van der Waals surface area contributed by atoms with Gasteiger partial charge in [-0.15, -0.1) is 13.2 Å². The highest BCUT2D eigenvalue weighted by Crippen LogP contribution is 2.45. The van der Waals surface area contributed by atoms with Gasteiger partial charge in [0.05, 0.1) is 0 Å². The van der Waals surface area contributed by atoms with E-state index in [0.29, 0.717) is 29.8 Å². The van der Waals surface area contributed by atoms with Crippen LogP contribution in [0.1, 0.15) is 43.9 Å². The number of aliphatic hydroxyl groups is 1. The highest BCUT2D eigenvalue weighted by Gasteiger charge is 2.37. The van der Waals surface area contributed by atoms with E-state index in [2.05, 4.69) is 11.3 Å². The van der Waals surface area contributed by atoms with E-state index in [1.165, 1.54) is 18.2 Å². The number of rotatable bonds is 5. The summed E-state index contributed by atoms with van der Waals surface area (Å²) in [6, 6.07) is 7.97. The average molecular weight is 445 g/mol. The first-order valence-corrected chi connectivity index (χ1v) is 10.2. The number of aliphatic hydroxyl groups excluding tert-OH is 1. The molecule has 1 amide bonds. The van der Waals surface area contributed by atoms with Crippen LogP contribution in [-0.4, -0.2) is 23.9 Å². The van der Waals surface area contributed by atoms with Gasteiger partial charge in [0.1, 0.15) is 11.5 Å². The highest BCUT2D eigenvalue weighted by molar-refractivity contribution is 5.99. The van der Waals surface area contributed by atoms with Crippen molar-refractivity contribution in [1.29, 1.82) is 0 Å². The van der Waals surface area contributed by atoms with Gasteiger partial charge < -0.3 is 14.7 Å². The molecule has 1 heterocycles. The molecule has 0 unspecified atom stereocenters. The maximum absolute atomic E-state index is 13.1. The Balaban J connectivity index is 2.25. The predicted octanol–water partition coefficient (Wildman–Crippen LogP) is 6.68. The van der Waals surface area contributed by atoms with Gasteiger partial charge in [0.25, 0.3) is 0 Å². The molecule has 1 N–H and O–H groups in total. The molecule has 0 atom stereocenters. The predicted molar refractivity (Wildman–Crippen MR) is 120 cm³/mol. The van der Waals surface area contributed by atoms with Crippen LogP contribution in [0.3, 0.4) is 0 Å². The van der Waals surface area contributed by atoms with Crippen LogP contribution in [0.15, 0.2) is 48.7 Å². The van der Waals surface area contributed by atoms with E-state index in [4.69, 9.17) is 0 Å². The second-order valence-electron chi connectivity index (χ2n) is 8.51. The largest absolute Gasteiger partial charge is 0.573 e. The summed E-state index contributed by atoms with van der Waals surface area (Å²) >= 11 is 0. The SMILES string of the molecule is C=C(O)/C=C/c1ccc(OC(F)(F)F)c(-c2cc3c(cc2C)C(C)(C)CC(=O)N3CC)c1. The maximum atomic E-state index is 13.1. The Bertz CT molecular complexity index is 1100. The molecule has 0 saturated heterocycles. The zero-order valence-corrected chi connectivity index (χ0v) is 18.5. The number of allylic oxidation sites excluding steroid dienone is 1. The highest BCUT2D eigenvalue weighted by atomic mass is 19.4. The molecule has 0 aliphatic carbocycles. The minimum atomic E-state index is -4.86. The number of alkyl halides is 3. The van der Waals surface area contributed by atoms with Crippen molar-refractivity contribution in [2.75, 3.05) is 11.4 Å². The molecule has 2 aromatic rings. The molecule has 0 radical (unpaired) electrons. The van der Waals surface area contributed by atoms with Crippen LogP contribution in [0.25, 0.3) is 17.2 Å². The van der Waals surface area contributed by atoms with Gasteiger partial charge in [-0.1, -0.05) is 38.6 Å². The van der Waals surface area contributed by atoms with Crippen molar-refractivity contribution in [1.82, 2.24) is 0 Å². The lowest BCUT2D eigenvalue weighted by atomic mass is 9.75. The van der Waals surface area contributed by atoms with Crippen molar-refractivity contribution >= 4 is 17.7 Å². The minimum Gasteiger partial charge on any atom is -0.509 e. The van der Waals surface area contributed by atoms with E-state index in [-0.39, 0.29) is 23.0 Å². The minimum absolute atomic E-state index is 0.0234. The lowest BCUT2D eigenvalue weighted by molar-refractivity contribution is -0.274. The maximum Gasteiger partial charge on any atom is 0.573 e. The standard InChI is InChI=1S/C25H26F3NO3/c1-6-29-21-13-18(15(2)11-20(21)24(4,5)14-23(29)31)19-12-17(8-7-16(3)30)9-10-22(19)32-25(26,27)28/h7-13,30H,3,6,14H2,1-2,4-5H3/b8-7+. The van der Waals surface area contributed by atoms with E-state index in [1.54, 1.807) is 23.1 Å². The van der Waals surface area contributed by atoms with Gasteiger partial charge in [0, 0.05) is 29.6 Å². The van der Waals surface area contributed by atoms with Crippen molar-refractivity contribution in [2.45, 2.75) is 45.9 Å². The average Bonchev–Trinajstić information content (AvgIpc) is 2.66. The topological polar surface area (TPSA) is 49.8 Å². The molecule has 32 heavy (non-hydrogen) atoms. The molecule has 170 valence electrons. The van der Waals surface area contributed by atoms with E-state index in [9.17, 15) is 23.1 Å². The van der Waals surface area contributed by atoms with Crippen LogP contribution in [0, 0.1) is 6.92 Å². The second kappa shape index (κ2) is 8.37. The summed E-state index contributed by atoms with van der Waals surface area (Å²) in [5.41, 5.74) is 3.37. The lowest BCUT2D eigenvalue weighted by Gasteiger charge is -2.39. The Labute approximate surface area is 185 Å². The first-order valence-electron chi connectivity index (χ1n) is 10.2. The number of hydrogen-bond acceptors (Lipinski definition) is 3. The van der Waals surface area contributed by atoms with E-state index < -0.39 is 11.8 Å². The number of amides is 1. The number of ether oxygens (including phenoxy) is 1. The number of fused-ring (bicyclic) bond motifs is 1. The fourth-order valence-corrected chi connectivity index (χ4v) is 4.07. The quantitative estimate of drug-likeness (QED) is 0.413. The van der Waals surface area contributed by atoms with Gasteiger partial charge in [0.2, 0.25) is 5.91 Å². The van der Waals surface area contributed by atoms with Crippen LogP contribution in [0.4, 0.5) is 18.9 Å². The first kappa shape index (κ1) is 23.4. The molecule has 0 saturated carbocycles. The van der Waals surface area contributed by atoms with Crippen LogP contribution in [0.5, 0.6) is 5.75 Å². The van der Waals surface area contributed by atoms with E-state index in [1.807, 2.05) is 33.8 Å². The number of carbonyl (C=O) groups is 1. The zero-order valence-electron chi connectivity index (χ0n) is 18.5. The molecule has 4 nitrogen and oxygen atoms in total. The Kier molecular flexibility index (Phi) is 6.13. The number of aryl methyl sites for hydroxylation is 1. The number of halogens is 3. The Morgan fingerprint density at radius 1 is 1.25 bits per heavy atom. The van der Waals surface area contributed by atoms with Gasteiger partial charge in [-0.3, -0.25) is 4.79 Å². The summed E-state index contributed by atoms with van der Waals surface area (Å²) in [5.74, 6) is -0.541. The number of anilines is 1. The normalized spacial score (nSPS) is 15.7. The molecule has 0 spiro atoms. The van der Waals surface area contributed by atoms with Crippen LogP contribution >= 0.6 is 0 Å². The number of benzene rings is 2. The van der Waals surface area contributed by atoms with E-state index in [0.717, 1.165) is 11.1 Å². The first-order chi connectivity index (χ1) is 14.8. The molecule has 3 rings (SSSR count). The van der Waals surface area contributed by atoms with Crippen LogP contribution < -0.4 is 9.64 Å². The molecule has 7 heteroatoms. The summed E-state index contributed by atoms with van der Waals surface area (Å²) in [6.07, 6.45) is -1.60. The smallest absolute Gasteiger partial charge is 0.509 e. The van der Waals surface area contributed by atoms with Crippen molar-refractivity contribution in [3.05, 3.63) is 65.4 Å². The summed E-state index contributed by atoms with van der Waals surface area (Å²) in [5, 5.41) is 9.32. The summed E-state index contributed by atoms with van der Waals surface area (Å²) in [4.78, 5) is 14.4. The Morgan fingerprint density at radius 2 is 1.94 bits per heavy atom. The summed E-state index contributed by atoms with van der Waals surface area (Å²) < 4.78 is 43.6. The molecule has 1 aliphatic rings. The molecule has 1 aliphatic heterocycles. The zero-order chi connectivity index (χ0) is 23.8. The Morgan fingerprint density at radius 3 is 2.53 bits per heavy atom. The van der Waals surface area contributed by atoms with Gasteiger partial charge in [-0.2, -0.15) is 0 Å². The number of hydrogen-bond donors (Lipinski definition) is 1. The van der Waals surface area contributed by atoms with Crippen molar-refractivity contribution < 1.29 is 27.8 Å². The van der Waals surface area contributed by atoms with Crippen molar-refractivity contribution in [3.63, 3.8) is 0 Å². The molecular weight excluding hydrogens is 419 g/mol. The lowest BCUT2D eigenvalue weighted by Crippen LogP contribution is -2.41. The molecule has 2 aromatic carbocycles. The van der Waals surface area contributed by atoms with Gasteiger partial charge in [-0.25, -0.2) is 0 Å². The van der Waals surface area contributed by atoms with E-state index >= 15 is 0 Å². The fourth-order valence-electron chi connectivity index (χ4n) is 4.07. The third-order valence-electron chi connectivity index (χ3n) is 5.56. The molecular formula is C25H26F3NO3. The fraction of sp³-hybridized carbons (Fsp3) is 0.320. The third kappa shape index (κ3) is 4.82. The number of carbonyl (C=O) groups excluding carboxylic acids is 1. The molecule has 0 aromatic heterocycles. The van der Waals surface area contributed by atoms with Gasteiger partial charge >= 0.3 is 6.36 Å².